The monoisotopic (exact) mass is 257 g/mol. The molecule has 0 radical (unpaired) electrons. The molecule has 0 aliphatic carbocycles. The Bertz CT molecular complexity index is 454. The van der Waals surface area contributed by atoms with E-state index in [9.17, 15) is 9.59 Å². The third-order valence-corrected chi connectivity index (χ3v) is 2.95. The summed E-state index contributed by atoms with van der Waals surface area (Å²) in [6, 6.07) is 0. The number of amides is 1. The highest BCUT2D eigenvalue weighted by atomic mass is 32.1. The molecule has 0 aliphatic rings. The predicted molar refractivity (Wildman–Crippen MR) is 65.3 cm³/mol. The van der Waals surface area contributed by atoms with E-state index in [1.807, 2.05) is 0 Å². The number of nitrogens with two attached hydrogens (primary N) is 1. The van der Waals surface area contributed by atoms with Gasteiger partial charge in [-0.1, -0.05) is 0 Å². The molecule has 4 N–H and O–H groups in total. The second-order valence-corrected chi connectivity index (χ2v) is 5.58. The van der Waals surface area contributed by atoms with Gasteiger partial charge in [-0.15, -0.1) is 11.3 Å². The second kappa shape index (κ2) is 4.70. The Morgan fingerprint density at radius 2 is 2.12 bits per heavy atom. The SMILES string of the molecule is Cc1sc(NC(C)(C)CC(N)=O)nc1C(=O)O. The van der Waals surface area contributed by atoms with E-state index in [4.69, 9.17) is 10.8 Å². The van der Waals surface area contributed by atoms with Crippen LogP contribution in [0.25, 0.3) is 0 Å². The molecule has 1 aromatic heterocycles. The number of aromatic carboxylic acids is 1. The molecule has 7 heteroatoms. The van der Waals surface area contributed by atoms with Gasteiger partial charge >= 0.3 is 5.97 Å². The van der Waals surface area contributed by atoms with Crippen molar-refractivity contribution in [2.75, 3.05) is 5.32 Å². The third-order valence-electron chi connectivity index (χ3n) is 2.06. The zero-order chi connectivity index (χ0) is 13.2. The van der Waals surface area contributed by atoms with Crippen molar-refractivity contribution >= 4 is 28.3 Å². The largest absolute Gasteiger partial charge is 0.476 e. The van der Waals surface area contributed by atoms with Crippen molar-refractivity contribution < 1.29 is 14.7 Å². The van der Waals surface area contributed by atoms with Crippen LogP contribution in [-0.4, -0.2) is 27.5 Å². The summed E-state index contributed by atoms with van der Waals surface area (Å²) in [7, 11) is 0. The van der Waals surface area contributed by atoms with Crippen molar-refractivity contribution in [3.05, 3.63) is 10.6 Å². The minimum atomic E-state index is -1.06. The molecule has 0 unspecified atom stereocenters. The third kappa shape index (κ3) is 3.70. The van der Waals surface area contributed by atoms with Crippen LogP contribution in [0.3, 0.4) is 0 Å². The van der Waals surface area contributed by atoms with Gasteiger partial charge in [-0.05, 0) is 20.8 Å². The molecule has 0 aliphatic heterocycles. The molecule has 0 bridgehead atoms. The number of carbonyl (C=O) groups excluding carboxylic acids is 1. The van der Waals surface area contributed by atoms with E-state index in [1.54, 1.807) is 20.8 Å². The summed E-state index contributed by atoms with van der Waals surface area (Å²) in [5.41, 5.74) is 4.61. The van der Waals surface area contributed by atoms with Crippen LogP contribution in [0.15, 0.2) is 0 Å². The van der Waals surface area contributed by atoms with E-state index >= 15 is 0 Å². The summed E-state index contributed by atoms with van der Waals surface area (Å²) in [5.74, 6) is -1.48. The Labute approximate surface area is 103 Å². The van der Waals surface area contributed by atoms with Gasteiger partial charge in [-0.3, -0.25) is 4.79 Å². The summed E-state index contributed by atoms with van der Waals surface area (Å²) in [6.45, 7) is 5.29. The number of carboxylic acid groups (broad SMARTS) is 1. The van der Waals surface area contributed by atoms with Crippen molar-refractivity contribution in [2.24, 2.45) is 5.73 Å². The van der Waals surface area contributed by atoms with Crippen LogP contribution >= 0.6 is 11.3 Å². The highest BCUT2D eigenvalue weighted by molar-refractivity contribution is 7.15. The van der Waals surface area contributed by atoms with Crippen molar-refractivity contribution in [2.45, 2.75) is 32.7 Å². The fourth-order valence-corrected chi connectivity index (χ4v) is 2.40. The number of hydrogen-bond donors (Lipinski definition) is 3. The van der Waals surface area contributed by atoms with E-state index in [2.05, 4.69) is 10.3 Å². The molecule has 17 heavy (non-hydrogen) atoms. The molecule has 1 aromatic rings. The average molecular weight is 257 g/mol. The van der Waals surface area contributed by atoms with E-state index in [-0.39, 0.29) is 12.1 Å². The first-order valence-electron chi connectivity index (χ1n) is 4.98. The number of nitrogens with one attached hydrogen (secondary N) is 1. The van der Waals surface area contributed by atoms with Crippen LogP contribution in [0, 0.1) is 6.92 Å². The summed E-state index contributed by atoms with van der Waals surface area (Å²) >= 11 is 1.24. The molecule has 6 nitrogen and oxygen atoms in total. The highest BCUT2D eigenvalue weighted by Crippen LogP contribution is 2.25. The van der Waals surface area contributed by atoms with Gasteiger partial charge in [0.25, 0.3) is 0 Å². The standard InChI is InChI=1S/C10H15N3O3S/c1-5-7(8(15)16)12-9(17-5)13-10(2,3)4-6(11)14/h4H2,1-3H3,(H2,11,14)(H,12,13)(H,15,16). The van der Waals surface area contributed by atoms with Crippen LogP contribution in [0.1, 0.15) is 35.6 Å². The number of aromatic nitrogens is 1. The van der Waals surface area contributed by atoms with E-state index in [0.717, 1.165) is 0 Å². The van der Waals surface area contributed by atoms with Crippen LogP contribution in [0.5, 0.6) is 0 Å². The molecule has 94 valence electrons. The summed E-state index contributed by atoms with van der Waals surface area (Å²) in [5, 5.41) is 12.4. The molecular formula is C10H15N3O3S. The zero-order valence-electron chi connectivity index (χ0n) is 9.90. The van der Waals surface area contributed by atoms with Gasteiger partial charge in [-0.25, -0.2) is 9.78 Å². The summed E-state index contributed by atoms with van der Waals surface area (Å²) in [6.07, 6.45) is 0.147. The van der Waals surface area contributed by atoms with Gasteiger partial charge in [0.05, 0.1) is 0 Å². The lowest BCUT2D eigenvalue weighted by molar-refractivity contribution is -0.118. The topological polar surface area (TPSA) is 105 Å². The number of carboxylic acids is 1. The quantitative estimate of drug-likeness (QED) is 0.735. The van der Waals surface area contributed by atoms with E-state index < -0.39 is 17.4 Å². The minimum absolute atomic E-state index is 0.0346. The number of carbonyl (C=O) groups is 2. The Morgan fingerprint density at radius 3 is 2.53 bits per heavy atom. The smallest absolute Gasteiger partial charge is 0.355 e. The molecule has 1 rings (SSSR count). The maximum atomic E-state index is 10.9. The first-order chi connectivity index (χ1) is 7.71. The summed E-state index contributed by atoms with van der Waals surface area (Å²) in [4.78, 5) is 26.3. The minimum Gasteiger partial charge on any atom is -0.476 e. The van der Waals surface area contributed by atoms with Crippen LogP contribution < -0.4 is 11.1 Å². The molecule has 0 aromatic carbocycles. The lowest BCUT2D eigenvalue weighted by atomic mass is 10.0. The number of aryl methyl sites for hydroxylation is 1. The van der Waals surface area contributed by atoms with E-state index in [0.29, 0.717) is 10.0 Å². The lowest BCUT2D eigenvalue weighted by Crippen LogP contribution is -2.35. The predicted octanol–water partition coefficient (Wildman–Crippen LogP) is 1.22. The molecular weight excluding hydrogens is 242 g/mol. The molecule has 0 spiro atoms. The van der Waals surface area contributed by atoms with Crippen LogP contribution in [0.4, 0.5) is 5.13 Å². The van der Waals surface area contributed by atoms with Crippen LogP contribution in [-0.2, 0) is 4.79 Å². The number of primary amides is 1. The Hall–Kier alpha value is -1.63. The molecule has 0 fully saturated rings. The van der Waals surface area contributed by atoms with Crippen LogP contribution in [0.2, 0.25) is 0 Å². The lowest BCUT2D eigenvalue weighted by Gasteiger charge is -2.24. The highest BCUT2D eigenvalue weighted by Gasteiger charge is 2.23. The fraction of sp³-hybridized carbons (Fsp3) is 0.500. The van der Waals surface area contributed by atoms with Crippen molar-refractivity contribution in [3.8, 4) is 0 Å². The molecule has 0 saturated carbocycles. The van der Waals surface area contributed by atoms with Gasteiger partial charge < -0.3 is 16.2 Å². The average Bonchev–Trinajstić information content (AvgIpc) is 2.42. The molecule has 1 amide bonds. The van der Waals surface area contributed by atoms with Gasteiger partial charge in [0.15, 0.2) is 10.8 Å². The number of nitrogens with zero attached hydrogens (tertiary/aromatic N) is 1. The van der Waals surface area contributed by atoms with Crippen molar-refractivity contribution in [3.63, 3.8) is 0 Å². The number of rotatable bonds is 5. The Balaban J connectivity index is 2.85. The Morgan fingerprint density at radius 1 is 1.53 bits per heavy atom. The number of hydrogen-bond acceptors (Lipinski definition) is 5. The maximum absolute atomic E-state index is 10.9. The van der Waals surface area contributed by atoms with Gasteiger partial charge in [-0.2, -0.15) is 0 Å². The zero-order valence-corrected chi connectivity index (χ0v) is 10.7. The Kier molecular flexibility index (Phi) is 3.72. The van der Waals surface area contributed by atoms with Gasteiger partial charge in [0, 0.05) is 16.8 Å². The number of thiazole rings is 1. The molecule has 0 atom stereocenters. The first kappa shape index (κ1) is 13.4. The van der Waals surface area contributed by atoms with Crippen molar-refractivity contribution in [1.29, 1.82) is 0 Å². The van der Waals surface area contributed by atoms with E-state index in [1.165, 1.54) is 11.3 Å². The van der Waals surface area contributed by atoms with Gasteiger partial charge in [0.1, 0.15) is 0 Å². The summed E-state index contributed by atoms with van der Waals surface area (Å²) < 4.78 is 0. The maximum Gasteiger partial charge on any atom is 0.355 e. The van der Waals surface area contributed by atoms with Crippen molar-refractivity contribution in [1.82, 2.24) is 4.98 Å². The normalized spacial score (nSPS) is 11.2. The fourth-order valence-electron chi connectivity index (χ4n) is 1.42. The van der Waals surface area contributed by atoms with Gasteiger partial charge in [0.2, 0.25) is 5.91 Å². The number of anilines is 1. The first-order valence-corrected chi connectivity index (χ1v) is 5.80. The molecule has 0 saturated heterocycles. The second-order valence-electron chi connectivity index (χ2n) is 4.38. The molecule has 1 heterocycles.